The van der Waals surface area contributed by atoms with Gasteiger partial charge < -0.3 is 10.2 Å². The number of hydrogen-bond donors (Lipinski definition) is 1. The molecule has 1 rings (SSSR count). The first-order valence-electron chi connectivity index (χ1n) is 5.52. The number of likely N-dealkylation sites (tertiary alicyclic amines) is 1. The number of hydrogen-bond acceptors (Lipinski definition) is 2. The molecule has 0 aromatic carbocycles. The van der Waals surface area contributed by atoms with Crippen molar-refractivity contribution in [2.75, 3.05) is 27.2 Å². The van der Waals surface area contributed by atoms with E-state index < -0.39 is 0 Å². The van der Waals surface area contributed by atoms with Crippen LogP contribution in [0.2, 0.25) is 0 Å². The average molecular weight is 198 g/mol. The van der Waals surface area contributed by atoms with Gasteiger partial charge in [-0.15, -0.1) is 0 Å². The molecule has 0 spiro atoms. The molecule has 0 aliphatic carbocycles. The van der Waals surface area contributed by atoms with Gasteiger partial charge in [0.2, 0.25) is 5.91 Å². The fourth-order valence-electron chi connectivity index (χ4n) is 2.43. The summed E-state index contributed by atoms with van der Waals surface area (Å²) in [5.74, 6) is 0.306. The van der Waals surface area contributed by atoms with E-state index in [0.29, 0.717) is 5.91 Å². The Labute approximate surface area is 86.9 Å². The van der Waals surface area contributed by atoms with Crippen molar-refractivity contribution in [3.8, 4) is 0 Å². The standard InChI is InChI=1S/C11H22N2O/c1-4-5-11(9-12-2)6-7-13(3)10(14)8-11/h12H,4-9H2,1-3H3. The van der Waals surface area contributed by atoms with E-state index in [1.165, 1.54) is 6.42 Å². The van der Waals surface area contributed by atoms with Gasteiger partial charge in [-0.05, 0) is 25.3 Å². The molecule has 1 heterocycles. The Kier molecular flexibility index (Phi) is 3.93. The summed E-state index contributed by atoms with van der Waals surface area (Å²) in [6.07, 6.45) is 4.19. The monoisotopic (exact) mass is 198 g/mol. The third kappa shape index (κ3) is 2.47. The SMILES string of the molecule is CCCC1(CNC)CCN(C)C(=O)C1. The Morgan fingerprint density at radius 3 is 2.79 bits per heavy atom. The summed E-state index contributed by atoms with van der Waals surface area (Å²) < 4.78 is 0. The molecule has 0 aromatic rings. The van der Waals surface area contributed by atoms with E-state index in [1.807, 2.05) is 19.0 Å². The molecular weight excluding hydrogens is 176 g/mol. The summed E-state index contributed by atoms with van der Waals surface area (Å²) >= 11 is 0. The number of carbonyl (C=O) groups excluding carboxylic acids is 1. The maximum Gasteiger partial charge on any atom is 0.222 e. The molecule has 0 radical (unpaired) electrons. The van der Waals surface area contributed by atoms with Crippen molar-refractivity contribution in [1.29, 1.82) is 0 Å². The predicted octanol–water partition coefficient (Wildman–Crippen LogP) is 1.24. The maximum atomic E-state index is 11.7. The molecule has 14 heavy (non-hydrogen) atoms. The molecule has 3 heteroatoms. The van der Waals surface area contributed by atoms with Crippen molar-refractivity contribution < 1.29 is 4.79 Å². The maximum absolute atomic E-state index is 11.7. The van der Waals surface area contributed by atoms with Crippen LogP contribution in [-0.4, -0.2) is 38.0 Å². The van der Waals surface area contributed by atoms with Crippen LogP contribution in [0.3, 0.4) is 0 Å². The van der Waals surface area contributed by atoms with Gasteiger partial charge in [-0.2, -0.15) is 0 Å². The molecule has 1 fully saturated rings. The third-order valence-corrected chi connectivity index (χ3v) is 3.26. The van der Waals surface area contributed by atoms with Gasteiger partial charge in [0.05, 0.1) is 0 Å². The molecule has 1 unspecified atom stereocenters. The lowest BCUT2D eigenvalue weighted by molar-refractivity contribution is -0.136. The molecule has 0 aromatic heterocycles. The third-order valence-electron chi connectivity index (χ3n) is 3.26. The van der Waals surface area contributed by atoms with Crippen molar-refractivity contribution in [1.82, 2.24) is 10.2 Å². The lowest BCUT2D eigenvalue weighted by Gasteiger charge is -2.40. The summed E-state index contributed by atoms with van der Waals surface area (Å²) in [7, 11) is 3.87. The molecule has 1 saturated heterocycles. The molecule has 1 N–H and O–H groups in total. The van der Waals surface area contributed by atoms with Crippen LogP contribution in [0.15, 0.2) is 0 Å². The quantitative estimate of drug-likeness (QED) is 0.737. The van der Waals surface area contributed by atoms with Crippen LogP contribution in [-0.2, 0) is 4.79 Å². The van der Waals surface area contributed by atoms with E-state index >= 15 is 0 Å². The van der Waals surface area contributed by atoms with E-state index in [2.05, 4.69) is 12.2 Å². The lowest BCUT2D eigenvalue weighted by atomic mass is 9.74. The van der Waals surface area contributed by atoms with Gasteiger partial charge in [0.1, 0.15) is 0 Å². The van der Waals surface area contributed by atoms with Crippen LogP contribution in [0.25, 0.3) is 0 Å². The molecule has 1 amide bonds. The molecule has 82 valence electrons. The normalized spacial score (nSPS) is 28.2. The van der Waals surface area contributed by atoms with Crippen LogP contribution in [0.4, 0.5) is 0 Å². The molecule has 1 aliphatic heterocycles. The Hall–Kier alpha value is -0.570. The van der Waals surface area contributed by atoms with Crippen molar-refractivity contribution in [2.24, 2.45) is 5.41 Å². The first-order chi connectivity index (χ1) is 6.63. The Morgan fingerprint density at radius 1 is 1.57 bits per heavy atom. The van der Waals surface area contributed by atoms with E-state index in [0.717, 1.165) is 32.4 Å². The van der Waals surface area contributed by atoms with Crippen molar-refractivity contribution in [2.45, 2.75) is 32.6 Å². The molecule has 0 bridgehead atoms. The van der Waals surface area contributed by atoms with Crippen LogP contribution < -0.4 is 5.32 Å². The lowest BCUT2D eigenvalue weighted by Crippen LogP contribution is -2.46. The molecule has 3 nitrogen and oxygen atoms in total. The average Bonchev–Trinajstić information content (AvgIpc) is 2.13. The summed E-state index contributed by atoms with van der Waals surface area (Å²) in [6.45, 7) is 4.08. The van der Waals surface area contributed by atoms with Gasteiger partial charge in [-0.25, -0.2) is 0 Å². The number of nitrogens with one attached hydrogen (secondary N) is 1. The zero-order valence-electron chi connectivity index (χ0n) is 9.60. The highest BCUT2D eigenvalue weighted by Gasteiger charge is 2.36. The number of carbonyl (C=O) groups is 1. The predicted molar refractivity (Wildman–Crippen MR) is 58.1 cm³/mol. The first-order valence-corrected chi connectivity index (χ1v) is 5.52. The fraction of sp³-hybridized carbons (Fsp3) is 0.909. The van der Waals surface area contributed by atoms with E-state index in [4.69, 9.17) is 0 Å². The molecular formula is C11H22N2O. The summed E-state index contributed by atoms with van der Waals surface area (Å²) in [5.41, 5.74) is 0.229. The first kappa shape index (κ1) is 11.5. The van der Waals surface area contributed by atoms with E-state index in [-0.39, 0.29) is 5.41 Å². The largest absolute Gasteiger partial charge is 0.346 e. The van der Waals surface area contributed by atoms with Crippen molar-refractivity contribution in [3.63, 3.8) is 0 Å². The minimum absolute atomic E-state index is 0.229. The highest BCUT2D eigenvalue weighted by atomic mass is 16.2. The van der Waals surface area contributed by atoms with Crippen LogP contribution in [0.1, 0.15) is 32.6 Å². The highest BCUT2D eigenvalue weighted by molar-refractivity contribution is 5.77. The Balaban J connectivity index is 2.64. The minimum Gasteiger partial charge on any atom is -0.346 e. The fourth-order valence-corrected chi connectivity index (χ4v) is 2.43. The second-order valence-electron chi connectivity index (χ2n) is 4.52. The number of piperidine rings is 1. The summed E-state index contributed by atoms with van der Waals surface area (Å²) in [5, 5.41) is 3.23. The van der Waals surface area contributed by atoms with Crippen LogP contribution in [0.5, 0.6) is 0 Å². The Morgan fingerprint density at radius 2 is 2.29 bits per heavy atom. The van der Waals surface area contributed by atoms with Gasteiger partial charge in [0.15, 0.2) is 0 Å². The van der Waals surface area contributed by atoms with Crippen LogP contribution in [0, 0.1) is 5.41 Å². The van der Waals surface area contributed by atoms with Crippen molar-refractivity contribution in [3.05, 3.63) is 0 Å². The second kappa shape index (κ2) is 4.78. The number of nitrogens with zero attached hydrogens (tertiary/aromatic N) is 1. The smallest absolute Gasteiger partial charge is 0.222 e. The topological polar surface area (TPSA) is 32.3 Å². The van der Waals surface area contributed by atoms with Gasteiger partial charge in [0, 0.05) is 26.6 Å². The number of rotatable bonds is 4. The van der Waals surface area contributed by atoms with E-state index in [9.17, 15) is 4.79 Å². The van der Waals surface area contributed by atoms with Crippen molar-refractivity contribution >= 4 is 5.91 Å². The Bertz CT molecular complexity index is 197. The van der Waals surface area contributed by atoms with Crippen LogP contribution >= 0.6 is 0 Å². The molecule has 0 saturated carbocycles. The summed E-state index contributed by atoms with van der Waals surface area (Å²) in [4.78, 5) is 13.5. The zero-order chi connectivity index (χ0) is 10.6. The minimum atomic E-state index is 0.229. The summed E-state index contributed by atoms with van der Waals surface area (Å²) in [6, 6.07) is 0. The van der Waals surface area contributed by atoms with Gasteiger partial charge in [-0.3, -0.25) is 4.79 Å². The van der Waals surface area contributed by atoms with Gasteiger partial charge >= 0.3 is 0 Å². The van der Waals surface area contributed by atoms with Gasteiger partial charge in [-0.1, -0.05) is 13.3 Å². The molecule has 1 atom stereocenters. The number of amides is 1. The van der Waals surface area contributed by atoms with Gasteiger partial charge in [0.25, 0.3) is 0 Å². The highest BCUT2D eigenvalue weighted by Crippen LogP contribution is 2.35. The second-order valence-corrected chi connectivity index (χ2v) is 4.52. The molecule has 1 aliphatic rings. The van der Waals surface area contributed by atoms with E-state index in [1.54, 1.807) is 0 Å². The zero-order valence-corrected chi connectivity index (χ0v) is 9.60.